The number of ether oxygens (including phenoxy) is 1. The molecule has 1 aromatic heterocycles. The van der Waals surface area contributed by atoms with Gasteiger partial charge in [-0.1, -0.05) is 19.8 Å². The van der Waals surface area contributed by atoms with Gasteiger partial charge < -0.3 is 9.15 Å². The Morgan fingerprint density at radius 1 is 1.47 bits per heavy atom. The maximum absolute atomic E-state index is 12.1. The Morgan fingerprint density at radius 2 is 2.24 bits per heavy atom. The summed E-state index contributed by atoms with van der Waals surface area (Å²) < 4.78 is 9.68. The number of carbonyl (C=O) groups excluding carboxylic acids is 2. The van der Waals surface area contributed by atoms with Gasteiger partial charge in [0.2, 0.25) is 5.78 Å². The smallest absolute Gasteiger partial charge is 0.306 e. The van der Waals surface area contributed by atoms with Crippen molar-refractivity contribution in [1.29, 1.82) is 0 Å². The van der Waals surface area contributed by atoms with E-state index in [0.717, 1.165) is 12.8 Å². The minimum Gasteiger partial charge on any atom is -0.469 e. The first-order valence-corrected chi connectivity index (χ1v) is 5.83. The average Bonchev–Trinajstić information content (AvgIpc) is 2.86. The van der Waals surface area contributed by atoms with Gasteiger partial charge in [0.1, 0.15) is 0 Å². The molecule has 1 aromatic rings. The van der Waals surface area contributed by atoms with Gasteiger partial charge in [-0.3, -0.25) is 9.59 Å². The normalized spacial score (nSPS) is 12.1. The van der Waals surface area contributed by atoms with Crippen molar-refractivity contribution in [1.82, 2.24) is 0 Å². The van der Waals surface area contributed by atoms with Crippen LogP contribution in [0.5, 0.6) is 0 Å². The number of Topliss-reactive ketones (excluding diaryl/α,β-unsaturated/α-hetero) is 1. The maximum Gasteiger partial charge on any atom is 0.306 e. The number of unbranched alkanes of at least 4 members (excludes halogenated alkanes) is 1. The Kier molecular flexibility index (Phi) is 5.46. The minimum absolute atomic E-state index is 0.117. The van der Waals surface area contributed by atoms with Crippen LogP contribution in [0, 0.1) is 5.92 Å². The maximum atomic E-state index is 12.1. The number of rotatable bonds is 7. The van der Waals surface area contributed by atoms with Crippen LogP contribution in [0.3, 0.4) is 0 Å². The molecule has 94 valence electrons. The van der Waals surface area contributed by atoms with Gasteiger partial charge in [-0.05, 0) is 18.6 Å². The van der Waals surface area contributed by atoms with Crippen molar-refractivity contribution >= 4 is 11.8 Å². The molecule has 0 N–H and O–H groups in total. The lowest BCUT2D eigenvalue weighted by molar-refractivity contribution is -0.141. The second-order valence-electron chi connectivity index (χ2n) is 3.96. The van der Waals surface area contributed by atoms with Crippen LogP contribution >= 0.6 is 0 Å². The first kappa shape index (κ1) is 13.5. The van der Waals surface area contributed by atoms with E-state index >= 15 is 0 Å². The van der Waals surface area contributed by atoms with E-state index in [9.17, 15) is 9.59 Å². The van der Waals surface area contributed by atoms with E-state index in [-0.39, 0.29) is 24.1 Å². The summed E-state index contributed by atoms with van der Waals surface area (Å²) in [6.45, 7) is 2.05. The van der Waals surface area contributed by atoms with Crippen molar-refractivity contribution in [3.63, 3.8) is 0 Å². The van der Waals surface area contributed by atoms with Crippen molar-refractivity contribution < 1.29 is 18.7 Å². The quantitative estimate of drug-likeness (QED) is 0.541. The van der Waals surface area contributed by atoms with E-state index in [1.165, 1.54) is 13.4 Å². The van der Waals surface area contributed by atoms with Gasteiger partial charge in [-0.2, -0.15) is 0 Å². The predicted molar refractivity (Wildman–Crippen MR) is 62.7 cm³/mol. The molecule has 0 bridgehead atoms. The Balaban J connectivity index is 2.68. The summed E-state index contributed by atoms with van der Waals surface area (Å²) in [5.41, 5.74) is 0. The van der Waals surface area contributed by atoms with Crippen LogP contribution in [0.15, 0.2) is 22.8 Å². The fourth-order valence-corrected chi connectivity index (χ4v) is 1.68. The Bertz CT molecular complexity index is 354. The van der Waals surface area contributed by atoms with Gasteiger partial charge in [-0.25, -0.2) is 0 Å². The monoisotopic (exact) mass is 238 g/mol. The van der Waals surface area contributed by atoms with E-state index in [4.69, 9.17) is 4.42 Å². The van der Waals surface area contributed by atoms with Crippen molar-refractivity contribution in [3.8, 4) is 0 Å². The van der Waals surface area contributed by atoms with E-state index in [1.54, 1.807) is 12.1 Å². The molecule has 0 aliphatic carbocycles. The minimum atomic E-state index is -0.356. The zero-order valence-corrected chi connectivity index (χ0v) is 10.3. The molecule has 0 aliphatic heterocycles. The predicted octanol–water partition coefficient (Wildman–Crippen LogP) is 2.83. The fraction of sp³-hybridized carbons (Fsp3) is 0.538. The number of hydrogen-bond donors (Lipinski definition) is 0. The number of furan rings is 1. The molecule has 0 fully saturated rings. The van der Waals surface area contributed by atoms with E-state index in [0.29, 0.717) is 12.2 Å². The summed E-state index contributed by atoms with van der Waals surface area (Å²) in [6.07, 6.45) is 4.17. The lowest BCUT2D eigenvalue weighted by Crippen LogP contribution is -2.19. The molecular weight excluding hydrogens is 220 g/mol. The summed E-state index contributed by atoms with van der Waals surface area (Å²) in [5.74, 6) is -0.497. The fourth-order valence-electron chi connectivity index (χ4n) is 1.68. The SMILES string of the molecule is CCCC[C@H](CC(=O)OC)C(=O)c1ccco1. The molecule has 0 aliphatic rings. The first-order valence-electron chi connectivity index (χ1n) is 5.83. The highest BCUT2D eigenvalue weighted by Crippen LogP contribution is 2.19. The molecule has 0 spiro atoms. The number of hydrogen-bond acceptors (Lipinski definition) is 4. The van der Waals surface area contributed by atoms with Gasteiger partial charge in [0, 0.05) is 5.92 Å². The van der Waals surface area contributed by atoms with Crippen molar-refractivity contribution in [2.24, 2.45) is 5.92 Å². The van der Waals surface area contributed by atoms with Crippen molar-refractivity contribution in [2.45, 2.75) is 32.6 Å². The summed E-state index contributed by atoms with van der Waals surface area (Å²) >= 11 is 0. The van der Waals surface area contributed by atoms with Gasteiger partial charge in [0.15, 0.2) is 5.76 Å². The largest absolute Gasteiger partial charge is 0.469 e. The van der Waals surface area contributed by atoms with Crippen LogP contribution < -0.4 is 0 Å². The molecule has 4 nitrogen and oxygen atoms in total. The second kappa shape index (κ2) is 6.89. The molecule has 0 saturated carbocycles. The van der Waals surface area contributed by atoms with Gasteiger partial charge in [-0.15, -0.1) is 0 Å². The van der Waals surface area contributed by atoms with Crippen LogP contribution in [-0.2, 0) is 9.53 Å². The highest BCUT2D eigenvalue weighted by molar-refractivity contribution is 5.97. The van der Waals surface area contributed by atoms with E-state index in [1.807, 2.05) is 6.92 Å². The number of esters is 1. The lowest BCUT2D eigenvalue weighted by Gasteiger charge is -2.12. The third-order valence-corrected chi connectivity index (χ3v) is 2.68. The van der Waals surface area contributed by atoms with E-state index < -0.39 is 0 Å². The summed E-state index contributed by atoms with van der Waals surface area (Å²) in [6, 6.07) is 3.29. The average molecular weight is 238 g/mol. The zero-order chi connectivity index (χ0) is 12.7. The molecule has 0 saturated heterocycles. The van der Waals surface area contributed by atoms with Crippen LogP contribution in [0.2, 0.25) is 0 Å². The van der Waals surface area contributed by atoms with Crippen LogP contribution in [0.25, 0.3) is 0 Å². The molecule has 0 aromatic carbocycles. The zero-order valence-electron chi connectivity index (χ0n) is 10.3. The molecule has 1 heterocycles. The van der Waals surface area contributed by atoms with Crippen molar-refractivity contribution in [2.75, 3.05) is 7.11 Å². The van der Waals surface area contributed by atoms with Crippen LogP contribution in [-0.4, -0.2) is 18.9 Å². The van der Waals surface area contributed by atoms with Crippen LogP contribution in [0.4, 0.5) is 0 Å². The lowest BCUT2D eigenvalue weighted by atomic mass is 9.93. The topological polar surface area (TPSA) is 56.5 Å². The van der Waals surface area contributed by atoms with Gasteiger partial charge in [0.05, 0.1) is 19.8 Å². The summed E-state index contributed by atoms with van der Waals surface area (Å²) in [5, 5.41) is 0. The third kappa shape index (κ3) is 4.06. The number of ketones is 1. The summed E-state index contributed by atoms with van der Waals surface area (Å²) in [4.78, 5) is 23.3. The molecular formula is C13H18O4. The Labute approximate surface area is 101 Å². The number of methoxy groups -OCH3 is 1. The molecule has 0 radical (unpaired) electrons. The van der Waals surface area contributed by atoms with E-state index in [2.05, 4.69) is 4.74 Å². The van der Waals surface area contributed by atoms with Crippen LogP contribution in [0.1, 0.15) is 43.2 Å². The molecule has 0 amide bonds. The van der Waals surface area contributed by atoms with Crippen molar-refractivity contribution in [3.05, 3.63) is 24.2 Å². The Morgan fingerprint density at radius 3 is 2.76 bits per heavy atom. The van der Waals surface area contributed by atoms with Gasteiger partial charge in [0.25, 0.3) is 0 Å². The number of carbonyl (C=O) groups is 2. The molecule has 1 rings (SSSR count). The molecule has 4 heteroatoms. The molecule has 0 unspecified atom stereocenters. The standard InChI is InChI=1S/C13H18O4/c1-3-4-6-10(9-12(14)16-2)13(15)11-7-5-8-17-11/h5,7-8,10H,3-4,6,9H2,1-2H3/t10-/m1/s1. The van der Waals surface area contributed by atoms with Gasteiger partial charge >= 0.3 is 5.97 Å². The highest BCUT2D eigenvalue weighted by atomic mass is 16.5. The molecule has 1 atom stereocenters. The highest BCUT2D eigenvalue weighted by Gasteiger charge is 2.24. The Hall–Kier alpha value is -1.58. The second-order valence-corrected chi connectivity index (χ2v) is 3.96. The third-order valence-electron chi connectivity index (χ3n) is 2.68. The molecule has 17 heavy (non-hydrogen) atoms. The summed E-state index contributed by atoms with van der Waals surface area (Å²) in [7, 11) is 1.33. The first-order chi connectivity index (χ1) is 8.19.